The summed E-state index contributed by atoms with van der Waals surface area (Å²) in [5.74, 6) is -0.455. The fourth-order valence-electron chi connectivity index (χ4n) is 3.12. The van der Waals surface area contributed by atoms with E-state index in [9.17, 15) is 18.0 Å². The van der Waals surface area contributed by atoms with E-state index in [0.29, 0.717) is 44.6 Å². The molecule has 0 saturated carbocycles. The highest BCUT2D eigenvalue weighted by Crippen LogP contribution is 2.37. The molecule has 24 heavy (non-hydrogen) atoms. The van der Waals surface area contributed by atoms with Crippen LogP contribution in [0.2, 0.25) is 0 Å². The first kappa shape index (κ1) is 18.7. The molecule has 1 atom stereocenters. The molecule has 1 aliphatic heterocycles. The Labute approximate surface area is 139 Å². The van der Waals surface area contributed by atoms with Crippen molar-refractivity contribution in [1.82, 2.24) is 5.32 Å². The molecular formula is C17H23F3N2O2. The monoisotopic (exact) mass is 344 g/mol. The summed E-state index contributed by atoms with van der Waals surface area (Å²) in [5.41, 5.74) is 4.81. The van der Waals surface area contributed by atoms with Gasteiger partial charge in [-0.05, 0) is 30.9 Å². The number of benzene rings is 1. The van der Waals surface area contributed by atoms with Crippen molar-refractivity contribution in [3.63, 3.8) is 0 Å². The minimum Gasteiger partial charge on any atom is -0.381 e. The third-order valence-corrected chi connectivity index (χ3v) is 4.69. The van der Waals surface area contributed by atoms with Crippen molar-refractivity contribution in [3.05, 3.63) is 35.4 Å². The Hall–Kier alpha value is -1.60. The molecule has 0 unspecified atom stereocenters. The van der Waals surface area contributed by atoms with Crippen molar-refractivity contribution in [2.24, 2.45) is 5.73 Å². The van der Waals surface area contributed by atoms with Gasteiger partial charge in [0.1, 0.15) is 0 Å². The van der Waals surface area contributed by atoms with Gasteiger partial charge in [0, 0.05) is 25.2 Å². The molecule has 2 rings (SSSR count). The van der Waals surface area contributed by atoms with Crippen LogP contribution in [-0.4, -0.2) is 31.7 Å². The Kier molecular flexibility index (Phi) is 5.87. The quantitative estimate of drug-likeness (QED) is 0.834. The summed E-state index contributed by atoms with van der Waals surface area (Å²) in [7, 11) is 0. The van der Waals surface area contributed by atoms with Crippen molar-refractivity contribution < 1.29 is 22.7 Å². The normalized spacial score (nSPS) is 19.0. The molecule has 1 heterocycles. The number of primary amides is 1. The van der Waals surface area contributed by atoms with E-state index in [4.69, 9.17) is 10.5 Å². The van der Waals surface area contributed by atoms with Gasteiger partial charge in [-0.2, -0.15) is 13.2 Å². The number of carbonyl (C=O) groups is 1. The van der Waals surface area contributed by atoms with Gasteiger partial charge in [-0.1, -0.05) is 25.1 Å². The number of halogens is 3. The van der Waals surface area contributed by atoms with E-state index >= 15 is 0 Å². The average Bonchev–Trinajstić information content (AvgIpc) is 2.55. The van der Waals surface area contributed by atoms with Gasteiger partial charge in [0.2, 0.25) is 5.91 Å². The molecule has 3 N–H and O–H groups in total. The highest BCUT2D eigenvalue weighted by atomic mass is 19.4. The Morgan fingerprint density at radius 1 is 1.38 bits per heavy atom. The number of nitrogens with one attached hydrogen (secondary N) is 1. The molecule has 1 aromatic rings. The van der Waals surface area contributed by atoms with E-state index in [-0.39, 0.29) is 0 Å². The third-order valence-electron chi connectivity index (χ3n) is 4.69. The molecule has 0 spiro atoms. The highest BCUT2D eigenvalue weighted by molar-refractivity contribution is 5.79. The van der Waals surface area contributed by atoms with Crippen molar-refractivity contribution in [3.8, 4) is 0 Å². The maximum Gasteiger partial charge on any atom is 0.416 e. The second-order valence-electron chi connectivity index (χ2n) is 6.22. The molecule has 4 nitrogen and oxygen atoms in total. The van der Waals surface area contributed by atoms with Gasteiger partial charge in [-0.3, -0.25) is 4.79 Å². The summed E-state index contributed by atoms with van der Waals surface area (Å²) in [6.45, 7) is 3.18. The summed E-state index contributed by atoms with van der Waals surface area (Å²) in [6.07, 6.45) is -2.66. The van der Waals surface area contributed by atoms with Crippen LogP contribution >= 0.6 is 0 Å². The van der Waals surface area contributed by atoms with E-state index in [1.165, 1.54) is 12.1 Å². The Balaban J connectivity index is 2.29. The first-order chi connectivity index (χ1) is 11.3. The van der Waals surface area contributed by atoms with Crippen LogP contribution in [0.3, 0.4) is 0 Å². The highest BCUT2D eigenvalue weighted by Gasteiger charge is 2.37. The van der Waals surface area contributed by atoms with Gasteiger partial charge in [-0.15, -0.1) is 0 Å². The first-order valence-electron chi connectivity index (χ1n) is 8.07. The van der Waals surface area contributed by atoms with Crippen molar-refractivity contribution in [1.29, 1.82) is 0 Å². The minimum atomic E-state index is -4.38. The van der Waals surface area contributed by atoms with Gasteiger partial charge >= 0.3 is 6.18 Å². The maximum absolute atomic E-state index is 13.0. The lowest BCUT2D eigenvalue weighted by atomic mass is 9.73. The van der Waals surface area contributed by atoms with Gasteiger partial charge in [-0.25, -0.2) is 0 Å². The molecule has 1 aliphatic rings. The van der Waals surface area contributed by atoms with Crippen molar-refractivity contribution in [2.75, 3.05) is 19.8 Å². The number of hydrogen-bond donors (Lipinski definition) is 2. The molecule has 0 bridgehead atoms. The number of nitrogens with two attached hydrogens (primary N) is 1. The Bertz CT molecular complexity index is 569. The fourth-order valence-corrected chi connectivity index (χ4v) is 3.12. The molecule has 1 aromatic carbocycles. The molecule has 1 saturated heterocycles. The van der Waals surface area contributed by atoms with Crippen LogP contribution in [0.25, 0.3) is 0 Å². The fraction of sp³-hybridized carbons (Fsp3) is 0.588. The predicted molar refractivity (Wildman–Crippen MR) is 84.5 cm³/mol. The summed E-state index contributed by atoms with van der Waals surface area (Å²) >= 11 is 0. The molecule has 1 fully saturated rings. The number of hydrogen-bond acceptors (Lipinski definition) is 3. The molecule has 0 radical (unpaired) electrons. The largest absolute Gasteiger partial charge is 0.416 e. The lowest BCUT2D eigenvalue weighted by Crippen LogP contribution is -2.49. The first-order valence-corrected chi connectivity index (χ1v) is 8.07. The average molecular weight is 344 g/mol. The zero-order chi connectivity index (χ0) is 17.8. The van der Waals surface area contributed by atoms with Crippen LogP contribution in [0.1, 0.15) is 37.3 Å². The van der Waals surface area contributed by atoms with Gasteiger partial charge in [0.05, 0.1) is 11.6 Å². The molecule has 7 heteroatoms. The van der Waals surface area contributed by atoms with Gasteiger partial charge in [0.25, 0.3) is 0 Å². The van der Waals surface area contributed by atoms with E-state index in [1.807, 2.05) is 6.92 Å². The minimum absolute atomic E-state index is 0.388. The molecule has 0 aromatic heterocycles. The lowest BCUT2D eigenvalue weighted by molar-refractivity contribution is -0.137. The van der Waals surface area contributed by atoms with Crippen LogP contribution in [0.5, 0.6) is 0 Å². The number of ether oxygens (including phenoxy) is 1. The topological polar surface area (TPSA) is 64.3 Å². The molecular weight excluding hydrogens is 321 g/mol. The molecule has 134 valence electrons. The van der Waals surface area contributed by atoms with Crippen LogP contribution < -0.4 is 11.1 Å². The smallest absolute Gasteiger partial charge is 0.381 e. The number of carbonyl (C=O) groups excluding carboxylic acids is 1. The summed E-state index contributed by atoms with van der Waals surface area (Å²) in [4.78, 5) is 11.4. The standard InChI is InChI=1S/C17H23F3N2O2/c1-2-14(15(21)23)22-11-16(6-8-24-9-7-16)12-4-3-5-13(10-12)17(18,19)20/h3-5,10,14,22H,2,6-9,11H2,1H3,(H2,21,23)/t14-/m1/s1. The van der Waals surface area contributed by atoms with Crippen LogP contribution in [0.15, 0.2) is 24.3 Å². The number of amides is 1. The van der Waals surface area contributed by atoms with Gasteiger partial charge in [0.15, 0.2) is 0 Å². The lowest BCUT2D eigenvalue weighted by Gasteiger charge is -2.39. The number of alkyl halides is 3. The Morgan fingerprint density at radius 3 is 2.58 bits per heavy atom. The zero-order valence-electron chi connectivity index (χ0n) is 13.7. The third kappa shape index (κ3) is 4.27. The summed E-state index contributed by atoms with van der Waals surface area (Å²) < 4.78 is 44.5. The Morgan fingerprint density at radius 2 is 2.04 bits per heavy atom. The summed E-state index contributed by atoms with van der Waals surface area (Å²) in [6, 6.07) is 4.93. The molecule has 1 amide bonds. The summed E-state index contributed by atoms with van der Waals surface area (Å²) in [5, 5.41) is 3.12. The van der Waals surface area contributed by atoms with E-state index in [2.05, 4.69) is 5.32 Å². The number of rotatable bonds is 6. The second kappa shape index (κ2) is 7.53. The van der Waals surface area contributed by atoms with Crippen LogP contribution in [0.4, 0.5) is 13.2 Å². The van der Waals surface area contributed by atoms with Crippen molar-refractivity contribution in [2.45, 2.75) is 43.8 Å². The van der Waals surface area contributed by atoms with Crippen molar-refractivity contribution >= 4 is 5.91 Å². The SMILES string of the molecule is CC[C@@H](NCC1(c2cccc(C(F)(F)F)c2)CCOCC1)C(N)=O. The zero-order valence-corrected chi connectivity index (χ0v) is 13.7. The molecule has 0 aliphatic carbocycles. The predicted octanol–water partition coefficient (Wildman–Crippen LogP) is 2.61. The van der Waals surface area contributed by atoms with Crippen LogP contribution in [0, 0.1) is 0 Å². The van der Waals surface area contributed by atoms with Gasteiger partial charge < -0.3 is 15.8 Å². The second-order valence-corrected chi connectivity index (χ2v) is 6.22. The van der Waals surface area contributed by atoms with E-state index < -0.39 is 29.1 Å². The van der Waals surface area contributed by atoms with Crippen LogP contribution in [-0.2, 0) is 21.1 Å². The van der Waals surface area contributed by atoms with E-state index in [1.54, 1.807) is 6.07 Å². The van der Waals surface area contributed by atoms with E-state index in [0.717, 1.165) is 6.07 Å². The maximum atomic E-state index is 13.0.